The van der Waals surface area contributed by atoms with Crippen molar-refractivity contribution in [1.29, 1.82) is 0 Å². The summed E-state index contributed by atoms with van der Waals surface area (Å²) in [5.74, 6) is 0.756. The first-order valence-electron chi connectivity index (χ1n) is 5.72. The Morgan fingerprint density at radius 2 is 2.22 bits per heavy atom. The van der Waals surface area contributed by atoms with Crippen LogP contribution in [0.5, 0.6) is 0 Å². The van der Waals surface area contributed by atoms with Crippen LogP contribution in [0.3, 0.4) is 0 Å². The number of pyridine rings is 1. The first-order valence-corrected chi connectivity index (χ1v) is 5.72. The number of rotatable bonds is 2. The summed E-state index contributed by atoms with van der Waals surface area (Å²) in [5, 5.41) is 0. The van der Waals surface area contributed by atoms with Gasteiger partial charge in [-0.05, 0) is 24.6 Å². The van der Waals surface area contributed by atoms with Crippen molar-refractivity contribution < 1.29 is 4.79 Å². The van der Waals surface area contributed by atoms with Crippen LogP contribution in [0.1, 0.15) is 22.7 Å². The number of carbonyl (C=O) groups excluding carboxylic acids is 1. The molecule has 0 aromatic carbocycles. The Morgan fingerprint density at radius 3 is 3.00 bits per heavy atom. The van der Waals surface area contributed by atoms with E-state index in [-0.39, 0.29) is 0 Å². The topological polar surface area (TPSA) is 47.8 Å². The minimum Gasteiger partial charge on any atom is -0.298 e. The number of imidazole rings is 1. The van der Waals surface area contributed by atoms with Gasteiger partial charge in [0.15, 0.2) is 6.29 Å². The molecule has 0 unspecified atom stereocenters. The van der Waals surface area contributed by atoms with E-state index in [2.05, 4.69) is 9.97 Å². The third-order valence-electron chi connectivity index (χ3n) is 2.78. The standard InChI is InChI=1S/C14H11N3O/c18-10-12-14(11-6-3-4-8-15-11)17-9-5-1-2-7-13(17)16-12/h2-10H,1H2. The van der Waals surface area contributed by atoms with E-state index in [4.69, 9.17) is 0 Å². The maximum absolute atomic E-state index is 11.2. The van der Waals surface area contributed by atoms with E-state index in [1.807, 2.05) is 47.2 Å². The van der Waals surface area contributed by atoms with Crippen LogP contribution < -0.4 is 0 Å². The Labute approximate surface area is 104 Å². The summed E-state index contributed by atoms with van der Waals surface area (Å²) in [6, 6.07) is 5.62. The molecule has 0 N–H and O–H groups in total. The molecular weight excluding hydrogens is 226 g/mol. The summed E-state index contributed by atoms with van der Waals surface area (Å²) in [6.07, 6.45) is 11.2. The quantitative estimate of drug-likeness (QED) is 0.754. The van der Waals surface area contributed by atoms with E-state index in [0.29, 0.717) is 5.69 Å². The Bertz CT molecular complexity index is 639. The van der Waals surface area contributed by atoms with Gasteiger partial charge >= 0.3 is 0 Å². The minimum atomic E-state index is 0.417. The molecule has 1 aliphatic heterocycles. The second-order valence-corrected chi connectivity index (χ2v) is 3.93. The average Bonchev–Trinajstić information content (AvgIpc) is 2.62. The molecule has 0 amide bonds. The highest BCUT2D eigenvalue weighted by molar-refractivity contribution is 5.85. The second-order valence-electron chi connectivity index (χ2n) is 3.93. The number of carbonyl (C=O) groups is 1. The third kappa shape index (κ3) is 1.68. The molecule has 2 aromatic heterocycles. The maximum Gasteiger partial charge on any atom is 0.170 e. The molecule has 4 nitrogen and oxygen atoms in total. The van der Waals surface area contributed by atoms with Gasteiger partial charge in [0, 0.05) is 12.4 Å². The molecule has 4 heteroatoms. The van der Waals surface area contributed by atoms with Crippen LogP contribution >= 0.6 is 0 Å². The Balaban J connectivity index is 2.28. The molecule has 3 rings (SSSR count). The van der Waals surface area contributed by atoms with Gasteiger partial charge in [0.2, 0.25) is 0 Å². The van der Waals surface area contributed by atoms with Gasteiger partial charge in [-0.3, -0.25) is 14.3 Å². The summed E-state index contributed by atoms with van der Waals surface area (Å²) < 4.78 is 1.90. The van der Waals surface area contributed by atoms with Gasteiger partial charge in [0.05, 0.1) is 5.69 Å². The van der Waals surface area contributed by atoms with Crippen LogP contribution in [0.2, 0.25) is 0 Å². The van der Waals surface area contributed by atoms with Gasteiger partial charge in [-0.2, -0.15) is 0 Å². The van der Waals surface area contributed by atoms with Crippen molar-refractivity contribution in [2.75, 3.05) is 0 Å². The Kier molecular flexibility index (Phi) is 2.61. The molecule has 3 heterocycles. The van der Waals surface area contributed by atoms with Crippen LogP contribution in [0.25, 0.3) is 23.7 Å². The predicted molar refractivity (Wildman–Crippen MR) is 69.8 cm³/mol. The fourth-order valence-electron chi connectivity index (χ4n) is 1.99. The molecule has 1 aliphatic rings. The SMILES string of the molecule is O=Cc1nc2n(c1-c1ccccn1)C=CCC=C2. The van der Waals surface area contributed by atoms with Crippen LogP contribution in [0.15, 0.2) is 36.5 Å². The zero-order valence-corrected chi connectivity index (χ0v) is 9.65. The molecular formula is C14H11N3O. The van der Waals surface area contributed by atoms with Crippen LogP contribution in [0, 0.1) is 0 Å². The first kappa shape index (κ1) is 10.7. The van der Waals surface area contributed by atoms with E-state index < -0.39 is 0 Å². The predicted octanol–water partition coefficient (Wildman–Crippen LogP) is 2.65. The lowest BCUT2D eigenvalue weighted by atomic mass is 10.2. The van der Waals surface area contributed by atoms with E-state index in [0.717, 1.165) is 29.9 Å². The van der Waals surface area contributed by atoms with Crippen LogP contribution in [0.4, 0.5) is 0 Å². The van der Waals surface area contributed by atoms with E-state index in [9.17, 15) is 4.79 Å². The van der Waals surface area contributed by atoms with E-state index in [1.54, 1.807) is 6.20 Å². The van der Waals surface area contributed by atoms with E-state index >= 15 is 0 Å². The van der Waals surface area contributed by atoms with Gasteiger partial charge in [-0.25, -0.2) is 4.98 Å². The number of hydrogen-bond donors (Lipinski definition) is 0. The molecule has 0 aliphatic carbocycles. The fraction of sp³-hybridized carbons (Fsp3) is 0.0714. The summed E-state index contributed by atoms with van der Waals surface area (Å²) in [6.45, 7) is 0. The summed E-state index contributed by atoms with van der Waals surface area (Å²) in [4.78, 5) is 19.8. The van der Waals surface area contributed by atoms with Gasteiger partial charge in [-0.1, -0.05) is 18.2 Å². The van der Waals surface area contributed by atoms with Gasteiger partial charge in [0.25, 0.3) is 0 Å². The van der Waals surface area contributed by atoms with Crippen molar-refractivity contribution >= 4 is 18.6 Å². The lowest BCUT2D eigenvalue weighted by Crippen LogP contribution is -1.95. The Morgan fingerprint density at radius 1 is 1.28 bits per heavy atom. The molecule has 0 bridgehead atoms. The number of allylic oxidation sites excluding steroid dienone is 2. The normalized spacial score (nSPS) is 13.1. The van der Waals surface area contributed by atoms with Crippen molar-refractivity contribution in [3.8, 4) is 11.4 Å². The molecule has 0 radical (unpaired) electrons. The van der Waals surface area contributed by atoms with Gasteiger partial charge < -0.3 is 0 Å². The molecule has 0 atom stereocenters. The fourth-order valence-corrected chi connectivity index (χ4v) is 1.99. The first-order chi connectivity index (χ1) is 8.90. The lowest BCUT2D eigenvalue weighted by Gasteiger charge is -2.04. The van der Waals surface area contributed by atoms with Crippen LogP contribution in [-0.4, -0.2) is 20.8 Å². The molecule has 18 heavy (non-hydrogen) atoms. The number of aromatic nitrogens is 3. The largest absolute Gasteiger partial charge is 0.298 e. The molecule has 2 aromatic rings. The zero-order valence-electron chi connectivity index (χ0n) is 9.65. The number of hydrogen-bond acceptors (Lipinski definition) is 3. The number of nitrogens with zero attached hydrogens (tertiary/aromatic N) is 3. The maximum atomic E-state index is 11.2. The van der Waals surface area contributed by atoms with Crippen LogP contribution in [-0.2, 0) is 0 Å². The van der Waals surface area contributed by atoms with Crippen molar-refractivity contribution in [3.63, 3.8) is 0 Å². The third-order valence-corrected chi connectivity index (χ3v) is 2.78. The molecule has 0 saturated heterocycles. The minimum absolute atomic E-state index is 0.417. The monoisotopic (exact) mass is 237 g/mol. The van der Waals surface area contributed by atoms with Crippen molar-refractivity contribution in [2.24, 2.45) is 0 Å². The van der Waals surface area contributed by atoms with Gasteiger partial charge in [-0.15, -0.1) is 0 Å². The van der Waals surface area contributed by atoms with Crippen molar-refractivity contribution in [2.45, 2.75) is 6.42 Å². The smallest absolute Gasteiger partial charge is 0.170 e. The highest BCUT2D eigenvalue weighted by Gasteiger charge is 2.16. The molecule has 0 fully saturated rings. The molecule has 0 saturated carbocycles. The van der Waals surface area contributed by atoms with Crippen molar-refractivity contribution in [3.05, 3.63) is 48.1 Å². The van der Waals surface area contributed by atoms with Gasteiger partial charge in [0.1, 0.15) is 17.2 Å². The average molecular weight is 237 g/mol. The molecule has 88 valence electrons. The highest BCUT2D eigenvalue weighted by Crippen LogP contribution is 2.24. The highest BCUT2D eigenvalue weighted by atomic mass is 16.1. The summed E-state index contributed by atoms with van der Waals surface area (Å²) >= 11 is 0. The second kappa shape index (κ2) is 4.41. The summed E-state index contributed by atoms with van der Waals surface area (Å²) in [7, 11) is 0. The Hall–Kier alpha value is -2.49. The molecule has 0 spiro atoms. The zero-order chi connectivity index (χ0) is 12.4. The van der Waals surface area contributed by atoms with E-state index in [1.165, 1.54) is 0 Å². The van der Waals surface area contributed by atoms with Crippen molar-refractivity contribution in [1.82, 2.24) is 14.5 Å². The number of fused-ring (bicyclic) bond motifs is 1. The summed E-state index contributed by atoms with van der Waals surface area (Å²) in [5.41, 5.74) is 1.90. The lowest BCUT2D eigenvalue weighted by molar-refractivity contribution is 0.112. The number of aldehydes is 1.